The van der Waals surface area contributed by atoms with Gasteiger partial charge < -0.3 is 5.73 Å². The molecule has 0 saturated carbocycles. The molecule has 0 amide bonds. The van der Waals surface area contributed by atoms with Gasteiger partial charge in [0.25, 0.3) is 0 Å². The van der Waals surface area contributed by atoms with Gasteiger partial charge in [-0.2, -0.15) is 0 Å². The highest BCUT2D eigenvalue weighted by molar-refractivity contribution is 5.32. The van der Waals surface area contributed by atoms with E-state index < -0.39 is 0 Å². The summed E-state index contributed by atoms with van der Waals surface area (Å²) in [6.07, 6.45) is 2.18. The first-order valence-corrected chi connectivity index (χ1v) is 6.04. The van der Waals surface area contributed by atoms with Gasteiger partial charge >= 0.3 is 0 Å². The van der Waals surface area contributed by atoms with Crippen molar-refractivity contribution in [3.05, 3.63) is 35.4 Å². The van der Waals surface area contributed by atoms with E-state index in [2.05, 4.69) is 50.1 Å². The summed E-state index contributed by atoms with van der Waals surface area (Å²) in [7, 11) is 2.20. The maximum Gasteiger partial charge on any atom is 0.0365 e. The first kappa shape index (κ1) is 11.6. The van der Waals surface area contributed by atoms with Crippen LogP contribution < -0.4 is 5.73 Å². The van der Waals surface area contributed by atoms with E-state index in [1.165, 1.54) is 11.1 Å². The minimum Gasteiger partial charge on any atom is -0.325 e. The van der Waals surface area contributed by atoms with Crippen molar-refractivity contribution in [2.24, 2.45) is 5.73 Å². The third-order valence-electron chi connectivity index (χ3n) is 3.40. The van der Waals surface area contributed by atoms with Gasteiger partial charge in [-0.05, 0) is 44.9 Å². The van der Waals surface area contributed by atoms with E-state index in [1.807, 2.05) is 0 Å². The summed E-state index contributed by atoms with van der Waals surface area (Å²) in [5, 5.41) is 0. The summed E-state index contributed by atoms with van der Waals surface area (Å²) >= 11 is 0. The SMILES string of the molecule is CN1CCc2ccccc2C1CC(C)(C)N. The number of hydrogen-bond donors (Lipinski definition) is 1. The van der Waals surface area contributed by atoms with Crippen molar-refractivity contribution >= 4 is 0 Å². The fourth-order valence-electron chi connectivity index (χ4n) is 2.54. The Morgan fingerprint density at radius 3 is 2.75 bits per heavy atom. The summed E-state index contributed by atoms with van der Waals surface area (Å²) < 4.78 is 0. The highest BCUT2D eigenvalue weighted by atomic mass is 15.1. The molecule has 0 bridgehead atoms. The Labute approximate surface area is 98.4 Å². The molecule has 16 heavy (non-hydrogen) atoms. The van der Waals surface area contributed by atoms with Crippen LogP contribution in [-0.4, -0.2) is 24.0 Å². The molecule has 0 spiro atoms. The monoisotopic (exact) mass is 218 g/mol. The van der Waals surface area contributed by atoms with Gasteiger partial charge in [-0.1, -0.05) is 24.3 Å². The van der Waals surface area contributed by atoms with Gasteiger partial charge in [0.1, 0.15) is 0 Å². The van der Waals surface area contributed by atoms with Crippen LogP contribution in [0.3, 0.4) is 0 Å². The largest absolute Gasteiger partial charge is 0.325 e. The molecule has 2 N–H and O–H groups in total. The number of rotatable bonds is 2. The average molecular weight is 218 g/mol. The molecule has 88 valence electrons. The minimum absolute atomic E-state index is 0.108. The molecular weight excluding hydrogens is 196 g/mol. The van der Waals surface area contributed by atoms with E-state index in [0.29, 0.717) is 6.04 Å². The molecule has 1 aromatic rings. The highest BCUT2D eigenvalue weighted by Gasteiger charge is 2.28. The van der Waals surface area contributed by atoms with Gasteiger partial charge in [0.05, 0.1) is 0 Å². The van der Waals surface area contributed by atoms with E-state index in [1.54, 1.807) is 0 Å². The lowest BCUT2D eigenvalue weighted by atomic mass is 9.85. The lowest BCUT2D eigenvalue weighted by Gasteiger charge is -2.38. The summed E-state index contributed by atoms with van der Waals surface area (Å²) in [6, 6.07) is 9.24. The molecule has 0 aliphatic carbocycles. The Hall–Kier alpha value is -0.860. The molecule has 0 aromatic heterocycles. The number of hydrogen-bond acceptors (Lipinski definition) is 2. The molecule has 0 saturated heterocycles. The zero-order chi connectivity index (χ0) is 11.8. The zero-order valence-electron chi connectivity index (χ0n) is 10.5. The fraction of sp³-hybridized carbons (Fsp3) is 0.571. The molecule has 1 aromatic carbocycles. The molecule has 2 nitrogen and oxygen atoms in total. The number of benzene rings is 1. The predicted molar refractivity (Wildman–Crippen MR) is 68.4 cm³/mol. The molecule has 1 aliphatic heterocycles. The second kappa shape index (κ2) is 4.19. The fourth-order valence-corrected chi connectivity index (χ4v) is 2.54. The topological polar surface area (TPSA) is 29.3 Å². The number of fused-ring (bicyclic) bond motifs is 1. The lowest BCUT2D eigenvalue weighted by molar-refractivity contribution is 0.192. The van der Waals surface area contributed by atoms with Gasteiger partial charge in [-0.3, -0.25) is 4.90 Å². The molecule has 1 heterocycles. The first-order chi connectivity index (χ1) is 7.47. The smallest absolute Gasteiger partial charge is 0.0365 e. The van der Waals surface area contributed by atoms with Crippen molar-refractivity contribution in [3.8, 4) is 0 Å². The molecule has 1 aliphatic rings. The Balaban J connectivity index is 2.30. The second-order valence-electron chi connectivity index (χ2n) is 5.64. The first-order valence-electron chi connectivity index (χ1n) is 6.04. The van der Waals surface area contributed by atoms with Crippen molar-refractivity contribution in [1.82, 2.24) is 4.90 Å². The third kappa shape index (κ3) is 2.45. The quantitative estimate of drug-likeness (QED) is 0.825. The standard InChI is InChI=1S/C14H22N2/c1-14(2,15)10-13-12-7-5-4-6-11(12)8-9-16(13)3/h4-7,13H,8-10,15H2,1-3H3. The Morgan fingerprint density at radius 1 is 1.38 bits per heavy atom. The molecule has 0 radical (unpaired) electrons. The number of nitrogens with two attached hydrogens (primary N) is 1. The van der Waals surface area contributed by atoms with Gasteiger partial charge in [0.15, 0.2) is 0 Å². The van der Waals surface area contributed by atoms with Crippen LogP contribution in [0, 0.1) is 0 Å². The Bertz CT molecular complexity index is 365. The van der Waals surface area contributed by atoms with Crippen LogP contribution in [0.15, 0.2) is 24.3 Å². The second-order valence-corrected chi connectivity index (χ2v) is 5.64. The summed E-state index contributed by atoms with van der Waals surface area (Å²) in [5.41, 5.74) is 9.01. The zero-order valence-corrected chi connectivity index (χ0v) is 10.5. The van der Waals surface area contributed by atoms with E-state index >= 15 is 0 Å². The van der Waals surface area contributed by atoms with Crippen molar-refractivity contribution in [2.45, 2.75) is 38.3 Å². The number of nitrogens with zero attached hydrogens (tertiary/aromatic N) is 1. The molecular formula is C14H22N2. The van der Waals surface area contributed by atoms with E-state index in [9.17, 15) is 0 Å². The molecule has 1 atom stereocenters. The van der Waals surface area contributed by atoms with Crippen LogP contribution in [0.5, 0.6) is 0 Å². The molecule has 2 heteroatoms. The summed E-state index contributed by atoms with van der Waals surface area (Å²) in [4.78, 5) is 2.43. The van der Waals surface area contributed by atoms with E-state index in [-0.39, 0.29) is 5.54 Å². The maximum atomic E-state index is 6.16. The molecule has 1 unspecified atom stereocenters. The van der Waals surface area contributed by atoms with Gasteiger partial charge in [0.2, 0.25) is 0 Å². The van der Waals surface area contributed by atoms with E-state index in [4.69, 9.17) is 5.73 Å². The maximum absolute atomic E-state index is 6.16. The van der Waals surface area contributed by atoms with Crippen molar-refractivity contribution in [1.29, 1.82) is 0 Å². The van der Waals surface area contributed by atoms with Gasteiger partial charge in [-0.25, -0.2) is 0 Å². The lowest BCUT2D eigenvalue weighted by Crippen LogP contribution is -2.41. The number of likely N-dealkylation sites (N-methyl/N-ethyl adjacent to an activating group) is 1. The van der Waals surface area contributed by atoms with Crippen LogP contribution in [-0.2, 0) is 6.42 Å². The molecule has 2 rings (SSSR count). The van der Waals surface area contributed by atoms with E-state index in [0.717, 1.165) is 19.4 Å². The minimum atomic E-state index is -0.108. The summed E-state index contributed by atoms with van der Waals surface area (Å²) in [5.74, 6) is 0. The van der Waals surface area contributed by atoms with Crippen LogP contribution in [0.4, 0.5) is 0 Å². The van der Waals surface area contributed by atoms with Crippen LogP contribution in [0.25, 0.3) is 0 Å². The van der Waals surface area contributed by atoms with Crippen molar-refractivity contribution < 1.29 is 0 Å². The highest BCUT2D eigenvalue weighted by Crippen LogP contribution is 2.33. The normalized spacial score (nSPS) is 21.9. The van der Waals surface area contributed by atoms with Crippen molar-refractivity contribution in [3.63, 3.8) is 0 Å². The van der Waals surface area contributed by atoms with Gasteiger partial charge in [-0.15, -0.1) is 0 Å². The van der Waals surface area contributed by atoms with Crippen LogP contribution in [0.1, 0.15) is 37.4 Å². The third-order valence-corrected chi connectivity index (χ3v) is 3.40. The van der Waals surface area contributed by atoms with Crippen LogP contribution >= 0.6 is 0 Å². The van der Waals surface area contributed by atoms with Gasteiger partial charge in [0, 0.05) is 18.1 Å². The Kier molecular flexibility index (Phi) is 3.04. The van der Waals surface area contributed by atoms with Crippen molar-refractivity contribution in [2.75, 3.05) is 13.6 Å². The summed E-state index contributed by atoms with van der Waals surface area (Å²) in [6.45, 7) is 5.36. The average Bonchev–Trinajstić information content (AvgIpc) is 2.21. The predicted octanol–water partition coefficient (Wildman–Crippen LogP) is 2.34. The van der Waals surface area contributed by atoms with Crippen LogP contribution in [0.2, 0.25) is 0 Å². The molecule has 0 fully saturated rings. The Morgan fingerprint density at radius 2 is 2.06 bits per heavy atom.